The molecule has 10 heavy (non-hydrogen) atoms. The normalized spacial score (nSPS) is 16.8. The van der Waals surface area contributed by atoms with Crippen LogP contribution in [0.5, 0.6) is 0 Å². The van der Waals surface area contributed by atoms with E-state index < -0.39 is 5.60 Å². The van der Waals surface area contributed by atoms with Gasteiger partial charge >= 0.3 is 0 Å². The third-order valence-corrected chi connectivity index (χ3v) is 1.52. The van der Waals surface area contributed by atoms with Gasteiger partial charge in [0.2, 0.25) is 0 Å². The van der Waals surface area contributed by atoms with Crippen LogP contribution in [0.15, 0.2) is 0 Å². The second-order valence-electron chi connectivity index (χ2n) is 2.80. The summed E-state index contributed by atoms with van der Waals surface area (Å²) in [6.07, 6.45) is 1.52. The maximum Gasteiger partial charge on any atom is 0.0642 e. The molecule has 0 aliphatic heterocycles. The molecule has 62 valence electrons. The van der Waals surface area contributed by atoms with Crippen molar-refractivity contribution >= 4 is 0 Å². The van der Waals surface area contributed by atoms with Gasteiger partial charge in [0.25, 0.3) is 0 Å². The Kier molecular flexibility index (Phi) is 4.60. The average Bonchev–Trinajstić information content (AvgIpc) is 1.84. The third-order valence-electron chi connectivity index (χ3n) is 1.52. The molecule has 1 atom stereocenters. The Morgan fingerprint density at radius 1 is 1.10 bits per heavy atom. The van der Waals surface area contributed by atoms with Crippen LogP contribution in [0.4, 0.5) is 0 Å². The highest BCUT2D eigenvalue weighted by molar-refractivity contribution is 4.70. The lowest BCUT2D eigenvalue weighted by Gasteiger charge is -2.21. The van der Waals surface area contributed by atoms with Crippen molar-refractivity contribution in [1.29, 1.82) is 0 Å². The molecule has 3 N–H and O–H groups in total. The molecule has 0 aromatic heterocycles. The van der Waals surface area contributed by atoms with Gasteiger partial charge < -0.3 is 15.3 Å². The first-order valence-corrected chi connectivity index (χ1v) is 3.56. The van der Waals surface area contributed by atoms with Crippen molar-refractivity contribution in [3.8, 4) is 0 Å². The van der Waals surface area contributed by atoms with Gasteiger partial charge in [-0.3, -0.25) is 0 Å². The van der Waals surface area contributed by atoms with Gasteiger partial charge in [0.05, 0.1) is 5.60 Å². The van der Waals surface area contributed by atoms with E-state index in [0.29, 0.717) is 19.3 Å². The van der Waals surface area contributed by atoms with Crippen LogP contribution in [-0.2, 0) is 0 Å². The second kappa shape index (κ2) is 4.66. The molecule has 0 fully saturated rings. The molecule has 0 radical (unpaired) electrons. The predicted molar refractivity (Wildman–Crippen MR) is 38.6 cm³/mol. The zero-order chi connectivity index (χ0) is 8.04. The fraction of sp³-hybridized carbons (Fsp3) is 1.00. The van der Waals surface area contributed by atoms with E-state index in [9.17, 15) is 5.11 Å². The van der Waals surface area contributed by atoms with Crippen molar-refractivity contribution < 1.29 is 15.3 Å². The van der Waals surface area contributed by atoms with E-state index in [1.54, 1.807) is 6.92 Å². The van der Waals surface area contributed by atoms with E-state index in [1.807, 2.05) is 0 Å². The molecule has 0 aliphatic rings. The van der Waals surface area contributed by atoms with E-state index >= 15 is 0 Å². The first-order chi connectivity index (χ1) is 4.62. The minimum Gasteiger partial charge on any atom is -0.396 e. The van der Waals surface area contributed by atoms with E-state index in [4.69, 9.17) is 10.2 Å². The summed E-state index contributed by atoms with van der Waals surface area (Å²) >= 11 is 0. The molecule has 1 unspecified atom stereocenters. The summed E-state index contributed by atoms with van der Waals surface area (Å²) in [4.78, 5) is 0. The molecule has 0 rings (SSSR count). The first kappa shape index (κ1) is 9.88. The fourth-order valence-corrected chi connectivity index (χ4v) is 0.826. The van der Waals surface area contributed by atoms with Crippen LogP contribution < -0.4 is 0 Å². The topological polar surface area (TPSA) is 60.7 Å². The molecule has 0 aromatic rings. The van der Waals surface area contributed by atoms with Crippen molar-refractivity contribution in [1.82, 2.24) is 0 Å². The Morgan fingerprint density at radius 2 is 1.70 bits per heavy atom. The average molecular weight is 148 g/mol. The summed E-state index contributed by atoms with van der Waals surface area (Å²) in [6.45, 7) is 1.76. The number of aliphatic hydroxyl groups excluding tert-OH is 2. The number of aliphatic hydroxyl groups is 3. The largest absolute Gasteiger partial charge is 0.396 e. The summed E-state index contributed by atoms with van der Waals surface area (Å²) in [7, 11) is 0. The van der Waals surface area contributed by atoms with Crippen LogP contribution in [0.25, 0.3) is 0 Å². The zero-order valence-corrected chi connectivity index (χ0v) is 6.38. The van der Waals surface area contributed by atoms with Crippen LogP contribution in [-0.4, -0.2) is 34.1 Å². The molecule has 0 amide bonds. The van der Waals surface area contributed by atoms with Crippen LogP contribution in [0.2, 0.25) is 0 Å². The molecule has 3 nitrogen and oxygen atoms in total. The Balaban J connectivity index is 3.42. The van der Waals surface area contributed by atoms with Crippen molar-refractivity contribution in [3.05, 3.63) is 0 Å². The monoisotopic (exact) mass is 148 g/mol. The molecule has 0 saturated carbocycles. The predicted octanol–water partition coefficient (Wildman–Crippen LogP) is -0.108. The molecule has 0 saturated heterocycles. The SMILES string of the molecule is CC(O)(CCO)CCCO. The highest BCUT2D eigenvalue weighted by Gasteiger charge is 2.17. The smallest absolute Gasteiger partial charge is 0.0642 e. The Morgan fingerprint density at radius 3 is 2.10 bits per heavy atom. The Hall–Kier alpha value is -0.120. The van der Waals surface area contributed by atoms with Crippen LogP contribution >= 0.6 is 0 Å². The third kappa shape index (κ3) is 4.73. The number of hydrogen-bond acceptors (Lipinski definition) is 3. The molecule has 0 heterocycles. The molecule has 0 spiro atoms. The lowest BCUT2D eigenvalue weighted by molar-refractivity contribution is 0.0198. The lowest BCUT2D eigenvalue weighted by Crippen LogP contribution is -2.25. The molecule has 0 bridgehead atoms. The summed E-state index contributed by atoms with van der Waals surface area (Å²) in [5, 5.41) is 26.3. The van der Waals surface area contributed by atoms with Gasteiger partial charge in [-0.15, -0.1) is 0 Å². The van der Waals surface area contributed by atoms with Gasteiger partial charge in [0, 0.05) is 13.2 Å². The van der Waals surface area contributed by atoms with Gasteiger partial charge in [-0.2, -0.15) is 0 Å². The molecule has 3 heteroatoms. The Labute approximate surface area is 61.3 Å². The van der Waals surface area contributed by atoms with E-state index in [0.717, 1.165) is 0 Å². The fourth-order valence-electron chi connectivity index (χ4n) is 0.826. The molecule has 0 aliphatic carbocycles. The van der Waals surface area contributed by atoms with E-state index in [2.05, 4.69) is 0 Å². The molecular weight excluding hydrogens is 132 g/mol. The summed E-state index contributed by atoms with van der Waals surface area (Å²) in [5.74, 6) is 0. The number of hydrogen-bond donors (Lipinski definition) is 3. The maximum atomic E-state index is 9.37. The van der Waals surface area contributed by atoms with Crippen LogP contribution in [0, 0.1) is 0 Å². The molecule has 0 aromatic carbocycles. The van der Waals surface area contributed by atoms with Gasteiger partial charge in [0.15, 0.2) is 0 Å². The highest BCUT2D eigenvalue weighted by atomic mass is 16.3. The second-order valence-corrected chi connectivity index (χ2v) is 2.80. The standard InChI is InChI=1S/C7H16O3/c1-7(10,4-6-9)3-2-5-8/h8-10H,2-6H2,1H3. The van der Waals surface area contributed by atoms with Crippen molar-refractivity contribution in [2.75, 3.05) is 13.2 Å². The zero-order valence-electron chi connectivity index (χ0n) is 6.38. The molecular formula is C7H16O3. The summed E-state index contributed by atoms with van der Waals surface area (Å²) in [6, 6.07) is 0. The van der Waals surface area contributed by atoms with Crippen molar-refractivity contribution in [3.63, 3.8) is 0 Å². The quantitative estimate of drug-likeness (QED) is 0.510. The number of rotatable bonds is 5. The van der Waals surface area contributed by atoms with Crippen LogP contribution in [0.3, 0.4) is 0 Å². The van der Waals surface area contributed by atoms with E-state index in [1.165, 1.54) is 0 Å². The van der Waals surface area contributed by atoms with Gasteiger partial charge in [0.1, 0.15) is 0 Å². The lowest BCUT2D eigenvalue weighted by atomic mass is 9.97. The summed E-state index contributed by atoms with van der Waals surface area (Å²) < 4.78 is 0. The van der Waals surface area contributed by atoms with Gasteiger partial charge in [-0.1, -0.05) is 0 Å². The van der Waals surface area contributed by atoms with Crippen molar-refractivity contribution in [2.24, 2.45) is 0 Å². The Bertz CT molecular complexity index is 80.9. The highest BCUT2D eigenvalue weighted by Crippen LogP contribution is 2.15. The van der Waals surface area contributed by atoms with Gasteiger partial charge in [-0.05, 0) is 26.2 Å². The minimum absolute atomic E-state index is 0.00156. The summed E-state index contributed by atoms with van der Waals surface area (Å²) in [5.41, 5.74) is -0.808. The van der Waals surface area contributed by atoms with Crippen LogP contribution in [0.1, 0.15) is 26.2 Å². The maximum absolute atomic E-state index is 9.37. The van der Waals surface area contributed by atoms with Crippen molar-refractivity contribution in [2.45, 2.75) is 31.8 Å². The minimum atomic E-state index is -0.808. The van der Waals surface area contributed by atoms with Gasteiger partial charge in [-0.25, -0.2) is 0 Å². The first-order valence-electron chi connectivity index (χ1n) is 3.56. The van der Waals surface area contributed by atoms with E-state index in [-0.39, 0.29) is 13.2 Å².